The molecule has 0 radical (unpaired) electrons. The zero-order valence-electron chi connectivity index (χ0n) is 11.7. The summed E-state index contributed by atoms with van der Waals surface area (Å²) in [5.74, 6) is 0.745. The second-order valence-corrected chi connectivity index (χ2v) is 6.45. The molecule has 0 amide bonds. The smallest absolute Gasteiger partial charge is 0.191 e. The molecule has 0 N–H and O–H groups in total. The fourth-order valence-corrected chi connectivity index (χ4v) is 3.48. The Hall–Kier alpha value is -1.99. The molecule has 2 heterocycles. The number of hydrogen-bond donors (Lipinski definition) is 0. The number of rotatable bonds is 5. The van der Waals surface area contributed by atoms with Crippen molar-refractivity contribution in [2.75, 3.05) is 5.75 Å². The molecular weight excluding hydrogens is 321 g/mol. The Labute approximate surface area is 135 Å². The molecule has 22 heavy (non-hydrogen) atoms. The third kappa shape index (κ3) is 3.10. The Morgan fingerprint density at radius 3 is 2.73 bits per heavy atom. The van der Waals surface area contributed by atoms with E-state index in [1.165, 1.54) is 35.2 Å². The lowest BCUT2D eigenvalue weighted by Gasteiger charge is -2.03. The van der Waals surface area contributed by atoms with E-state index in [4.69, 9.17) is 0 Å². The predicted octanol–water partition coefficient (Wildman–Crippen LogP) is 3.66. The van der Waals surface area contributed by atoms with Crippen LogP contribution >= 0.6 is 23.1 Å². The average molecular weight is 333 g/mol. The Bertz CT molecular complexity index is 782. The highest BCUT2D eigenvalue weighted by Crippen LogP contribution is 2.24. The van der Waals surface area contributed by atoms with Crippen LogP contribution in [-0.4, -0.2) is 26.3 Å². The monoisotopic (exact) mass is 333 g/mol. The largest absolute Gasteiger partial charge is 0.305 e. The van der Waals surface area contributed by atoms with Gasteiger partial charge >= 0.3 is 0 Å². The molecule has 0 spiro atoms. The van der Waals surface area contributed by atoms with Gasteiger partial charge in [-0.2, -0.15) is 0 Å². The zero-order chi connectivity index (χ0) is 15.5. The molecular formula is C15H12FN3OS2. The number of ketones is 1. The number of hydrogen-bond acceptors (Lipinski definition) is 5. The average Bonchev–Trinajstić information content (AvgIpc) is 3.16. The van der Waals surface area contributed by atoms with E-state index in [0.717, 1.165) is 10.4 Å². The molecule has 0 fully saturated rings. The summed E-state index contributed by atoms with van der Waals surface area (Å²) in [4.78, 5) is 12.7. The van der Waals surface area contributed by atoms with Crippen molar-refractivity contribution in [2.24, 2.45) is 7.05 Å². The summed E-state index contributed by atoms with van der Waals surface area (Å²) >= 11 is 2.78. The lowest BCUT2D eigenvalue weighted by Crippen LogP contribution is -2.01. The summed E-state index contributed by atoms with van der Waals surface area (Å²) in [7, 11) is 1.83. The molecule has 1 aromatic carbocycles. The van der Waals surface area contributed by atoms with Crippen molar-refractivity contribution in [3.63, 3.8) is 0 Å². The van der Waals surface area contributed by atoms with Crippen molar-refractivity contribution in [3.05, 3.63) is 52.5 Å². The number of thiophene rings is 1. The second-order valence-electron chi connectivity index (χ2n) is 4.56. The van der Waals surface area contributed by atoms with Crippen LogP contribution in [0.2, 0.25) is 0 Å². The molecule has 0 atom stereocenters. The SMILES string of the molecule is Cn1c(SCC(=O)c2cccs2)nnc1-c1ccc(F)cc1. The first-order valence-electron chi connectivity index (χ1n) is 6.50. The van der Waals surface area contributed by atoms with Gasteiger partial charge < -0.3 is 4.57 Å². The Balaban J connectivity index is 1.73. The predicted molar refractivity (Wildman–Crippen MR) is 85.8 cm³/mol. The van der Waals surface area contributed by atoms with Gasteiger partial charge in [-0.1, -0.05) is 17.8 Å². The first-order chi connectivity index (χ1) is 10.6. The number of benzene rings is 1. The molecule has 0 saturated heterocycles. The molecule has 0 saturated carbocycles. The van der Waals surface area contributed by atoms with Gasteiger partial charge in [-0.25, -0.2) is 4.39 Å². The lowest BCUT2D eigenvalue weighted by atomic mass is 10.2. The maximum atomic E-state index is 13.0. The summed E-state index contributed by atoms with van der Waals surface area (Å²) in [6, 6.07) is 9.76. The van der Waals surface area contributed by atoms with Crippen LogP contribution in [0.5, 0.6) is 0 Å². The molecule has 2 aromatic heterocycles. The zero-order valence-corrected chi connectivity index (χ0v) is 13.3. The van der Waals surface area contributed by atoms with E-state index in [1.54, 1.807) is 16.7 Å². The van der Waals surface area contributed by atoms with Gasteiger partial charge in [0.05, 0.1) is 10.6 Å². The van der Waals surface area contributed by atoms with Gasteiger partial charge in [0.2, 0.25) is 0 Å². The van der Waals surface area contributed by atoms with E-state index in [9.17, 15) is 9.18 Å². The summed E-state index contributed by atoms with van der Waals surface area (Å²) in [5, 5.41) is 10.8. The van der Waals surface area contributed by atoms with E-state index in [1.807, 2.05) is 24.6 Å². The number of halogens is 1. The highest BCUT2D eigenvalue weighted by atomic mass is 32.2. The highest BCUT2D eigenvalue weighted by molar-refractivity contribution is 7.99. The number of aromatic nitrogens is 3. The van der Waals surface area contributed by atoms with Crippen molar-refractivity contribution in [3.8, 4) is 11.4 Å². The van der Waals surface area contributed by atoms with Crippen molar-refractivity contribution < 1.29 is 9.18 Å². The fraction of sp³-hybridized carbons (Fsp3) is 0.133. The maximum Gasteiger partial charge on any atom is 0.191 e. The van der Waals surface area contributed by atoms with Crippen molar-refractivity contribution in [1.82, 2.24) is 14.8 Å². The van der Waals surface area contributed by atoms with E-state index < -0.39 is 0 Å². The van der Waals surface area contributed by atoms with Gasteiger partial charge in [-0.05, 0) is 35.7 Å². The Morgan fingerprint density at radius 1 is 1.27 bits per heavy atom. The normalized spacial score (nSPS) is 10.8. The Kier molecular flexibility index (Phi) is 4.35. The molecule has 7 heteroatoms. The quantitative estimate of drug-likeness (QED) is 0.528. The van der Waals surface area contributed by atoms with Crippen LogP contribution in [0.3, 0.4) is 0 Å². The maximum absolute atomic E-state index is 13.0. The van der Waals surface area contributed by atoms with Gasteiger partial charge in [0.25, 0.3) is 0 Å². The first-order valence-corrected chi connectivity index (χ1v) is 8.36. The molecule has 4 nitrogen and oxygen atoms in total. The van der Waals surface area contributed by atoms with Crippen LogP contribution in [0, 0.1) is 5.82 Å². The minimum atomic E-state index is -0.290. The van der Waals surface area contributed by atoms with Gasteiger partial charge in [-0.15, -0.1) is 21.5 Å². The molecule has 0 bridgehead atoms. The van der Waals surface area contributed by atoms with Gasteiger partial charge in [-0.3, -0.25) is 4.79 Å². The molecule has 0 unspecified atom stereocenters. The third-order valence-electron chi connectivity index (χ3n) is 3.07. The van der Waals surface area contributed by atoms with Crippen molar-refractivity contribution in [1.29, 1.82) is 0 Å². The molecule has 0 aliphatic rings. The standard InChI is InChI=1S/C15H12FN3OS2/c1-19-14(10-4-6-11(16)7-5-10)17-18-15(19)22-9-12(20)13-3-2-8-21-13/h2-8H,9H2,1H3. The van der Waals surface area contributed by atoms with Crippen LogP contribution in [0.4, 0.5) is 4.39 Å². The number of Topliss-reactive ketones (excluding diaryl/α,β-unsaturated/α-hetero) is 1. The third-order valence-corrected chi connectivity index (χ3v) is 5.00. The summed E-state index contributed by atoms with van der Waals surface area (Å²) in [6.07, 6.45) is 0. The van der Waals surface area contributed by atoms with Crippen molar-refractivity contribution >= 4 is 28.9 Å². The van der Waals surface area contributed by atoms with Gasteiger partial charge in [0, 0.05) is 12.6 Å². The van der Waals surface area contributed by atoms with E-state index >= 15 is 0 Å². The van der Waals surface area contributed by atoms with Crippen LogP contribution in [0.1, 0.15) is 9.67 Å². The highest BCUT2D eigenvalue weighted by Gasteiger charge is 2.14. The minimum absolute atomic E-state index is 0.0753. The van der Waals surface area contributed by atoms with Crippen LogP contribution in [0.15, 0.2) is 46.9 Å². The number of carbonyl (C=O) groups is 1. The number of carbonyl (C=O) groups excluding carboxylic acids is 1. The summed E-state index contributed by atoms with van der Waals surface area (Å²) < 4.78 is 14.8. The Morgan fingerprint density at radius 2 is 2.05 bits per heavy atom. The number of nitrogens with zero attached hydrogens (tertiary/aromatic N) is 3. The van der Waals surface area contributed by atoms with Crippen LogP contribution in [0.25, 0.3) is 11.4 Å². The lowest BCUT2D eigenvalue weighted by molar-refractivity contribution is 0.102. The van der Waals surface area contributed by atoms with Crippen LogP contribution < -0.4 is 0 Å². The minimum Gasteiger partial charge on any atom is -0.305 e. The molecule has 0 aliphatic carbocycles. The van der Waals surface area contributed by atoms with Gasteiger partial charge in [0.15, 0.2) is 16.8 Å². The molecule has 3 rings (SSSR count). The molecule has 3 aromatic rings. The van der Waals surface area contributed by atoms with E-state index in [2.05, 4.69) is 10.2 Å². The summed E-state index contributed by atoms with van der Waals surface area (Å²) in [6.45, 7) is 0. The second kappa shape index (κ2) is 6.41. The van der Waals surface area contributed by atoms with Crippen LogP contribution in [-0.2, 0) is 7.05 Å². The van der Waals surface area contributed by atoms with E-state index in [0.29, 0.717) is 16.7 Å². The summed E-state index contributed by atoms with van der Waals surface area (Å²) in [5.41, 5.74) is 0.785. The first kappa shape index (κ1) is 14.9. The fourth-order valence-electron chi connectivity index (χ4n) is 1.93. The van der Waals surface area contributed by atoms with E-state index in [-0.39, 0.29) is 11.6 Å². The number of thioether (sulfide) groups is 1. The molecule has 112 valence electrons. The molecule has 0 aliphatic heterocycles. The van der Waals surface area contributed by atoms with Crippen molar-refractivity contribution in [2.45, 2.75) is 5.16 Å². The van der Waals surface area contributed by atoms with Gasteiger partial charge in [0.1, 0.15) is 5.82 Å². The topological polar surface area (TPSA) is 47.8 Å².